The smallest absolute Gasteiger partial charge is 0.411 e. The van der Waals surface area contributed by atoms with Crippen LogP contribution in [0.4, 0.5) is 16.4 Å². The average molecular weight is 474 g/mol. The number of H-pyrrole nitrogens is 1. The Balaban J connectivity index is 1.86. The van der Waals surface area contributed by atoms with Crippen LogP contribution in [0.1, 0.15) is 29.4 Å². The van der Waals surface area contributed by atoms with Gasteiger partial charge in [0.25, 0.3) is 11.5 Å². The summed E-state index contributed by atoms with van der Waals surface area (Å²) < 4.78 is 10.0. The highest BCUT2D eigenvalue weighted by Gasteiger charge is 2.23. The molecule has 1 aromatic heterocycles. The SMILES string of the molecule is C=C(C)C(=O)OC(CCOC(=O)Nc1ccc(C(=O)Nc2nc(C)cc(=O)[nH]2)cc1)C(O)CO. The molecule has 0 aliphatic carbocycles. The summed E-state index contributed by atoms with van der Waals surface area (Å²) in [7, 11) is 0. The third kappa shape index (κ3) is 8.15. The van der Waals surface area contributed by atoms with Crippen LogP contribution in [-0.4, -0.2) is 63.6 Å². The van der Waals surface area contributed by atoms with Crippen LogP contribution in [0.25, 0.3) is 0 Å². The van der Waals surface area contributed by atoms with Gasteiger partial charge in [0, 0.05) is 35.0 Å². The van der Waals surface area contributed by atoms with Gasteiger partial charge in [0.1, 0.15) is 12.2 Å². The van der Waals surface area contributed by atoms with E-state index in [1.807, 2.05) is 0 Å². The molecule has 12 nitrogen and oxygen atoms in total. The van der Waals surface area contributed by atoms with Crippen molar-refractivity contribution in [3.05, 3.63) is 64.1 Å². The fourth-order valence-electron chi connectivity index (χ4n) is 2.63. The second-order valence-corrected chi connectivity index (χ2v) is 7.29. The molecular formula is C22H26N4O8. The van der Waals surface area contributed by atoms with Crippen molar-refractivity contribution < 1.29 is 34.1 Å². The van der Waals surface area contributed by atoms with Gasteiger partial charge in [-0.1, -0.05) is 6.58 Å². The number of benzene rings is 1. The maximum absolute atomic E-state index is 12.3. The van der Waals surface area contributed by atoms with E-state index in [9.17, 15) is 24.3 Å². The molecule has 1 heterocycles. The summed E-state index contributed by atoms with van der Waals surface area (Å²) in [5.74, 6) is -1.24. The zero-order valence-electron chi connectivity index (χ0n) is 18.7. The monoisotopic (exact) mass is 474 g/mol. The topological polar surface area (TPSA) is 180 Å². The van der Waals surface area contributed by atoms with E-state index in [1.165, 1.54) is 37.3 Å². The Morgan fingerprint density at radius 2 is 1.88 bits per heavy atom. The minimum Gasteiger partial charge on any atom is -0.456 e. The van der Waals surface area contributed by atoms with Gasteiger partial charge in [0.15, 0.2) is 0 Å². The first-order chi connectivity index (χ1) is 16.1. The lowest BCUT2D eigenvalue weighted by molar-refractivity contribution is -0.152. The molecule has 0 aliphatic heterocycles. The van der Waals surface area contributed by atoms with E-state index in [-0.39, 0.29) is 30.1 Å². The molecule has 2 atom stereocenters. The average Bonchev–Trinajstić information content (AvgIpc) is 2.77. The number of nitrogens with one attached hydrogen (secondary N) is 3. The lowest BCUT2D eigenvalue weighted by Crippen LogP contribution is -2.35. The first-order valence-electron chi connectivity index (χ1n) is 10.2. The van der Waals surface area contributed by atoms with Gasteiger partial charge in [-0.15, -0.1) is 0 Å². The molecule has 182 valence electrons. The van der Waals surface area contributed by atoms with E-state index in [4.69, 9.17) is 14.6 Å². The number of hydrogen-bond donors (Lipinski definition) is 5. The number of amides is 2. The summed E-state index contributed by atoms with van der Waals surface area (Å²) in [6, 6.07) is 7.12. The summed E-state index contributed by atoms with van der Waals surface area (Å²) in [4.78, 5) is 53.8. The number of anilines is 2. The molecule has 5 N–H and O–H groups in total. The highest BCUT2D eigenvalue weighted by molar-refractivity contribution is 6.03. The highest BCUT2D eigenvalue weighted by atomic mass is 16.6. The number of aromatic nitrogens is 2. The van der Waals surface area contributed by atoms with E-state index in [1.54, 1.807) is 6.92 Å². The number of hydrogen-bond acceptors (Lipinski definition) is 9. The maximum Gasteiger partial charge on any atom is 0.411 e. The molecule has 0 fully saturated rings. The molecule has 0 saturated heterocycles. The lowest BCUT2D eigenvalue weighted by Gasteiger charge is -2.21. The zero-order chi connectivity index (χ0) is 25.3. The van der Waals surface area contributed by atoms with Crippen molar-refractivity contribution >= 4 is 29.6 Å². The van der Waals surface area contributed by atoms with Crippen molar-refractivity contribution in [1.29, 1.82) is 0 Å². The Bertz CT molecular complexity index is 1100. The van der Waals surface area contributed by atoms with E-state index in [2.05, 4.69) is 27.2 Å². The van der Waals surface area contributed by atoms with Crippen molar-refractivity contribution in [3.8, 4) is 0 Å². The molecule has 0 aliphatic rings. The molecule has 1 aromatic carbocycles. The molecule has 0 radical (unpaired) electrons. The Hall–Kier alpha value is -4.03. The van der Waals surface area contributed by atoms with E-state index in [0.717, 1.165) is 0 Å². The van der Waals surface area contributed by atoms with Crippen LogP contribution in [0.2, 0.25) is 0 Å². The number of carbonyl (C=O) groups is 3. The van der Waals surface area contributed by atoms with Crippen LogP contribution in [0.3, 0.4) is 0 Å². The van der Waals surface area contributed by atoms with Gasteiger partial charge in [0.2, 0.25) is 5.95 Å². The van der Waals surface area contributed by atoms with Gasteiger partial charge in [-0.25, -0.2) is 14.6 Å². The third-order valence-electron chi connectivity index (χ3n) is 4.35. The standard InChI is InChI=1S/C22H26N4O8/c1-12(2)20(31)34-17(16(28)11-27)8-9-33-22(32)24-15-6-4-14(5-7-15)19(30)26-21-23-13(3)10-18(29)25-21/h4-7,10,16-17,27-28H,1,8-9,11H2,2-3H3,(H,24,32)(H2,23,25,26,29,30). The zero-order valence-corrected chi connectivity index (χ0v) is 18.7. The number of rotatable bonds is 10. The predicted octanol–water partition coefficient (Wildman–Crippen LogP) is 1.11. The molecule has 0 saturated carbocycles. The maximum atomic E-state index is 12.3. The lowest BCUT2D eigenvalue weighted by atomic mass is 10.1. The van der Waals surface area contributed by atoms with Gasteiger partial charge >= 0.3 is 12.1 Å². The Labute approximate surface area is 194 Å². The van der Waals surface area contributed by atoms with Crippen molar-refractivity contribution in [2.75, 3.05) is 23.8 Å². The van der Waals surface area contributed by atoms with Gasteiger partial charge in [0.05, 0.1) is 13.2 Å². The Kier molecular flexibility index (Phi) is 9.47. The fourth-order valence-corrected chi connectivity index (χ4v) is 2.63. The molecular weight excluding hydrogens is 448 g/mol. The van der Waals surface area contributed by atoms with E-state index >= 15 is 0 Å². The van der Waals surface area contributed by atoms with Crippen molar-refractivity contribution in [3.63, 3.8) is 0 Å². The summed E-state index contributed by atoms with van der Waals surface area (Å²) >= 11 is 0. The number of nitrogens with zero attached hydrogens (tertiary/aromatic N) is 1. The minimum absolute atomic E-state index is 0.0133. The third-order valence-corrected chi connectivity index (χ3v) is 4.35. The summed E-state index contributed by atoms with van der Waals surface area (Å²) in [6.45, 7) is 5.64. The number of aliphatic hydroxyl groups excluding tert-OH is 2. The quantitative estimate of drug-likeness (QED) is 0.249. The van der Waals surface area contributed by atoms with Crippen molar-refractivity contribution in [1.82, 2.24) is 9.97 Å². The van der Waals surface area contributed by atoms with E-state index in [0.29, 0.717) is 11.4 Å². The van der Waals surface area contributed by atoms with Gasteiger partial charge < -0.3 is 19.7 Å². The molecule has 2 unspecified atom stereocenters. The molecule has 0 spiro atoms. The second-order valence-electron chi connectivity index (χ2n) is 7.29. The number of ether oxygens (including phenoxy) is 2. The Morgan fingerprint density at radius 3 is 2.47 bits per heavy atom. The van der Waals surface area contributed by atoms with Crippen LogP contribution in [0.5, 0.6) is 0 Å². The summed E-state index contributed by atoms with van der Waals surface area (Å²) in [6.07, 6.45) is -3.30. The second kappa shape index (κ2) is 12.3. The fraction of sp³-hybridized carbons (Fsp3) is 0.318. The van der Waals surface area contributed by atoms with Gasteiger partial charge in [-0.3, -0.25) is 25.2 Å². The van der Waals surface area contributed by atoms with Crippen LogP contribution in [0, 0.1) is 6.92 Å². The minimum atomic E-state index is -1.35. The molecule has 2 amide bonds. The molecule has 0 bridgehead atoms. The normalized spacial score (nSPS) is 12.2. The first kappa shape index (κ1) is 26.2. The number of carbonyl (C=O) groups excluding carboxylic acids is 3. The Morgan fingerprint density at radius 1 is 1.21 bits per heavy atom. The largest absolute Gasteiger partial charge is 0.456 e. The number of aryl methyl sites for hydroxylation is 1. The van der Waals surface area contributed by atoms with Crippen molar-refractivity contribution in [2.45, 2.75) is 32.5 Å². The number of aliphatic hydroxyl groups is 2. The molecule has 12 heteroatoms. The van der Waals surface area contributed by atoms with Gasteiger partial charge in [-0.2, -0.15) is 0 Å². The predicted molar refractivity (Wildman–Crippen MR) is 121 cm³/mol. The van der Waals surface area contributed by atoms with Crippen LogP contribution in [-0.2, 0) is 14.3 Å². The summed E-state index contributed by atoms with van der Waals surface area (Å²) in [5, 5.41) is 23.8. The van der Waals surface area contributed by atoms with Gasteiger partial charge in [-0.05, 0) is 38.1 Å². The summed E-state index contributed by atoms with van der Waals surface area (Å²) in [5.41, 5.74) is 0.761. The first-order valence-corrected chi connectivity index (χ1v) is 10.2. The van der Waals surface area contributed by atoms with Crippen LogP contribution < -0.4 is 16.2 Å². The van der Waals surface area contributed by atoms with Crippen LogP contribution in [0.15, 0.2) is 47.3 Å². The molecule has 34 heavy (non-hydrogen) atoms. The molecule has 2 aromatic rings. The molecule has 2 rings (SSSR count). The van der Waals surface area contributed by atoms with Crippen LogP contribution >= 0.6 is 0 Å². The van der Waals surface area contributed by atoms with Crippen molar-refractivity contribution in [2.24, 2.45) is 0 Å². The number of esters is 1. The highest BCUT2D eigenvalue weighted by Crippen LogP contribution is 2.12. The number of aromatic amines is 1. The van der Waals surface area contributed by atoms with E-state index < -0.39 is 42.3 Å².